The van der Waals surface area contributed by atoms with Crippen LogP contribution in [0.4, 0.5) is 0 Å². The molecule has 0 spiro atoms. The number of hydrogen-bond acceptors (Lipinski definition) is 3. The van der Waals surface area contributed by atoms with Gasteiger partial charge < -0.3 is 14.8 Å². The molecular formula is C11H21NO3. The average molecular weight is 215 g/mol. The molecular weight excluding hydrogens is 194 g/mol. The standard InChI is InChI=1S/C11H21NO3/c1-8(13)12-9(11(2,3)4)7-10(14-5)15-6/h7,10H,1-6H3,(H,12,13)/b9-7-. The number of amides is 1. The molecule has 4 heteroatoms. The summed E-state index contributed by atoms with van der Waals surface area (Å²) in [5, 5.41) is 2.78. The van der Waals surface area contributed by atoms with Gasteiger partial charge in [0.25, 0.3) is 0 Å². The van der Waals surface area contributed by atoms with E-state index in [1.807, 2.05) is 20.8 Å². The molecule has 0 aromatic heterocycles. The summed E-state index contributed by atoms with van der Waals surface area (Å²) in [7, 11) is 3.11. The van der Waals surface area contributed by atoms with Crippen LogP contribution in [-0.4, -0.2) is 26.4 Å². The summed E-state index contributed by atoms with van der Waals surface area (Å²) < 4.78 is 10.1. The van der Waals surface area contributed by atoms with E-state index in [2.05, 4.69) is 5.32 Å². The number of methoxy groups -OCH3 is 2. The maximum absolute atomic E-state index is 11.0. The van der Waals surface area contributed by atoms with Crippen LogP contribution in [0.5, 0.6) is 0 Å². The van der Waals surface area contributed by atoms with Gasteiger partial charge in [0, 0.05) is 32.3 Å². The second-order valence-corrected chi connectivity index (χ2v) is 4.35. The van der Waals surface area contributed by atoms with Gasteiger partial charge in [-0.1, -0.05) is 20.8 Å². The van der Waals surface area contributed by atoms with Gasteiger partial charge in [-0.05, 0) is 6.08 Å². The Labute approximate surface area is 91.6 Å². The highest BCUT2D eigenvalue weighted by Crippen LogP contribution is 2.23. The van der Waals surface area contributed by atoms with Crippen molar-refractivity contribution in [2.75, 3.05) is 14.2 Å². The fourth-order valence-electron chi connectivity index (χ4n) is 1.04. The number of ether oxygens (including phenoxy) is 2. The van der Waals surface area contributed by atoms with Crippen molar-refractivity contribution in [3.63, 3.8) is 0 Å². The summed E-state index contributed by atoms with van der Waals surface area (Å²) in [6.07, 6.45) is 1.33. The van der Waals surface area contributed by atoms with Crippen molar-refractivity contribution in [1.82, 2.24) is 5.32 Å². The van der Waals surface area contributed by atoms with Gasteiger partial charge in [-0.15, -0.1) is 0 Å². The molecule has 15 heavy (non-hydrogen) atoms. The normalized spacial score (nSPS) is 13.1. The Morgan fingerprint density at radius 2 is 1.73 bits per heavy atom. The molecule has 0 aromatic rings. The third kappa shape index (κ3) is 5.54. The Morgan fingerprint density at radius 1 is 1.27 bits per heavy atom. The lowest BCUT2D eigenvalue weighted by atomic mass is 9.91. The highest BCUT2D eigenvalue weighted by Gasteiger charge is 2.19. The van der Waals surface area contributed by atoms with Crippen LogP contribution in [0, 0.1) is 5.41 Å². The molecule has 88 valence electrons. The van der Waals surface area contributed by atoms with Crippen molar-refractivity contribution in [2.45, 2.75) is 34.0 Å². The predicted molar refractivity (Wildman–Crippen MR) is 59.2 cm³/mol. The van der Waals surface area contributed by atoms with Gasteiger partial charge in [0.15, 0.2) is 6.29 Å². The molecule has 0 radical (unpaired) electrons. The molecule has 0 rings (SSSR count). The van der Waals surface area contributed by atoms with Crippen LogP contribution in [0.15, 0.2) is 11.8 Å². The molecule has 4 nitrogen and oxygen atoms in total. The van der Waals surface area contributed by atoms with E-state index >= 15 is 0 Å². The summed E-state index contributed by atoms with van der Waals surface area (Å²) in [6, 6.07) is 0. The van der Waals surface area contributed by atoms with Crippen molar-refractivity contribution in [1.29, 1.82) is 0 Å². The average Bonchev–Trinajstić information content (AvgIpc) is 2.09. The second-order valence-electron chi connectivity index (χ2n) is 4.35. The minimum Gasteiger partial charge on any atom is -0.352 e. The van der Waals surface area contributed by atoms with E-state index in [4.69, 9.17) is 9.47 Å². The number of nitrogens with one attached hydrogen (secondary N) is 1. The smallest absolute Gasteiger partial charge is 0.221 e. The second kappa shape index (κ2) is 5.88. The first-order valence-electron chi connectivity index (χ1n) is 4.86. The molecule has 0 aliphatic heterocycles. The lowest BCUT2D eigenvalue weighted by Gasteiger charge is -2.24. The van der Waals surface area contributed by atoms with Crippen molar-refractivity contribution in [3.05, 3.63) is 11.8 Å². The Kier molecular flexibility index (Phi) is 5.54. The van der Waals surface area contributed by atoms with Crippen molar-refractivity contribution < 1.29 is 14.3 Å². The summed E-state index contributed by atoms with van der Waals surface area (Å²) in [5.74, 6) is -0.0952. The molecule has 1 N–H and O–H groups in total. The Morgan fingerprint density at radius 3 is 2.00 bits per heavy atom. The molecule has 0 heterocycles. The zero-order chi connectivity index (χ0) is 12.1. The number of hydrogen-bond donors (Lipinski definition) is 1. The highest BCUT2D eigenvalue weighted by molar-refractivity contribution is 5.75. The summed E-state index contributed by atoms with van der Waals surface area (Å²) >= 11 is 0. The SMILES string of the molecule is COC(/C=C(\NC(C)=O)C(C)(C)C)OC. The molecule has 0 aliphatic rings. The van der Waals surface area contributed by atoms with E-state index in [9.17, 15) is 4.79 Å². The van der Waals surface area contributed by atoms with Crippen molar-refractivity contribution in [3.8, 4) is 0 Å². The van der Waals surface area contributed by atoms with Crippen LogP contribution in [-0.2, 0) is 14.3 Å². The van der Waals surface area contributed by atoms with E-state index in [0.29, 0.717) is 0 Å². The van der Waals surface area contributed by atoms with E-state index in [-0.39, 0.29) is 11.3 Å². The van der Waals surface area contributed by atoms with E-state index in [0.717, 1.165) is 5.70 Å². The first-order chi connectivity index (χ1) is 6.81. The van der Waals surface area contributed by atoms with Gasteiger partial charge in [-0.3, -0.25) is 4.79 Å². The van der Waals surface area contributed by atoms with E-state index in [1.54, 1.807) is 20.3 Å². The molecule has 0 atom stereocenters. The monoisotopic (exact) mass is 215 g/mol. The zero-order valence-corrected chi connectivity index (χ0v) is 10.4. The largest absolute Gasteiger partial charge is 0.352 e. The number of carbonyl (C=O) groups is 1. The third-order valence-electron chi connectivity index (χ3n) is 1.89. The van der Waals surface area contributed by atoms with Crippen molar-refractivity contribution >= 4 is 5.91 Å². The fourth-order valence-corrected chi connectivity index (χ4v) is 1.04. The Bertz CT molecular complexity index is 237. The van der Waals surface area contributed by atoms with Gasteiger partial charge in [-0.2, -0.15) is 0 Å². The Hall–Kier alpha value is -0.870. The van der Waals surface area contributed by atoms with Gasteiger partial charge in [0.05, 0.1) is 0 Å². The molecule has 0 aromatic carbocycles. The van der Waals surface area contributed by atoms with Crippen LogP contribution in [0.1, 0.15) is 27.7 Å². The maximum atomic E-state index is 11.0. The zero-order valence-electron chi connectivity index (χ0n) is 10.4. The van der Waals surface area contributed by atoms with Crippen LogP contribution in [0.25, 0.3) is 0 Å². The minimum absolute atomic E-state index is 0.0952. The quantitative estimate of drug-likeness (QED) is 0.726. The van der Waals surface area contributed by atoms with Crippen LogP contribution in [0.2, 0.25) is 0 Å². The molecule has 0 fully saturated rings. The summed E-state index contributed by atoms with van der Waals surface area (Å²) in [4.78, 5) is 11.0. The maximum Gasteiger partial charge on any atom is 0.221 e. The van der Waals surface area contributed by atoms with Crippen molar-refractivity contribution in [2.24, 2.45) is 5.41 Å². The number of carbonyl (C=O) groups excluding carboxylic acids is 1. The van der Waals surface area contributed by atoms with Gasteiger partial charge in [-0.25, -0.2) is 0 Å². The lowest BCUT2D eigenvalue weighted by Crippen LogP contribution is -2.30. The summed E-state index contributed by atoms with van der Waals surface area (Å²) in [5.41, 5.74) is 0.643. The van der Waals surface area contributed by atoms with Crippen LogP contribution in [0.3, 0.4) is 0 Å². The highest BCUT2D eigenvalue weighted by atomic mass is 16.7. The summed E-state index contributed by atoms with van der Waals surface area (Å²) in [6.45, 7) is 7.51. The molecule has 0 saturated carbocycles. The van der Waals surface area contributed by atoms with E-state index < -0.39 is 6.29 Å². The first-order valence-corrected chi connectivity index (χ1v) is 4.86. The molecule has 0 aliphatic carbocycles. The van der Waals surface area contributed by atoms with Gasteiger partial charge in [0.1, 0.15) is 0 Å². The number of allylic oxidation sites excluding steroid dienone is 1. The van der Waals surface area contributed by atoms with Crippen LogP contribution < -0.4 is 5.32 Å². The topological polar surface area (TPSA) is 47.6 Å². The third-order valence-corrected chi connectivity index (χ3v) is 1.89. The molecule has 0 unspecified atom stereocenters. The van der Waals surface area contributed by atoms with Crippen LogP contribution >= 0.6 is 0 Å². The molecule has 0 bridgehead atoms. The molecule has 1 amide bonds. The number of rotatable bonds is 4. The Balaban J connectivity index is 4.83. The predicted octanol–water partition coefficient (Wildman–Crippen LogP) is 1.67. The fraction of sp³-hybridized carbons (Fsp3) is 0.727. The first kappa shape index (κ1) is 14.1. The molecule has 0 saturated heterocycles. The van der Waals surface area contributed by atoms with Gasteiger partial charge >= 0.3 is 0 Å². The van der Waals surface area contributed by atoms with E-state index in [1.165, 1.54) is 6.92 Å². The van der Waals surface area contributed by atoms with Gasteiger partial charge in [0.2, 0.25) is 5.91 Å². The minimum atomic E-state index is -0.439. The lowest BCUT2D eigenvalue weighted by molar-refractivity contribution is -0.118.